The average molecular weight is 140 g/mol. The van der Waals surface area contributed by atoms with Crippen LogP contribution in [0.4, 0.5) is 0 Å². The van der Waals surface area contributed by atoms with Gasteiger partial charge in [-0.1, -0.05) is 0 Å². The minimum absolute atomic E-state index is 0.103. The summed E-state index contributed by atoms with van der Waals surface area (Å²) < 4.78 is 4.61. The van der Waals surface area contributed by atoms with Crippen LogP contribution >= 0.6 is 0 Å². The molecule has 1 fully saturated rings. The minimum atomic E-state index is -0.352. The van der Waals surface area contributed by atoms with Crippen molar-refractivity contribution in [1.29, 1.82) is 0 Å². The lowest BCUT2D eigenvalue weighted by molar-refractivity contribution is -0.135. The molecule has 0 saturated carbocycles. The Labute approximate surface area is 58.7 Å². The number of cyclic esters (lactones) is 1. The first-order valence-corrected chi connectivity index (χ1v) is 3.08. The molecule has 1 saturated heterocycles. The molecule has 0 radical (unpaired) electrons. The van der Waals surface area contributed by atoms with Crippen LogP contribution in [-0.2, 0) is 14.3 Å². The van der Waals surface area contributed by atoms with Crippen molar-refractivity contribution >= 4 is 11.8 Å². The predicted octanol–water partition coefficient (Wildman–Crippen LogP) is 0.449. The van der Waals surface area contributed by atoms with Crippen LogP contribution in [0, 0.1) is 0 Å². The number of carbonyl (C=O) groups excluding carboxylic acids is 2. The van der Waals surface area contributed by atoms with Crippen molar-refractivity contribution in [2.24, 2.45) is 0 Å². The fourth-order valence-corrected chi connectivity index (χ4v) is 0.825. The van der Waals surface area contributed by atoms with Gasteiger partial charge in [-0.3, -0.25) is 4.79 Å². The van der Waals surface area contributed by atoms with E-state index in [4.69, 9.17) is 0 Å². The van der Waals surface area contributed by atoms with Gasteiger partial charge in [-0.25, -0.2) is 4.79 Å². The van der Waals surface area contributed by atoms with Crippen molar-refractivity contribution in [3.63, 3.8) is 0 Å². The number of ketones is 1. The molecule has 0 aromatic carbocycles. The first kappa shape index (κ1) is 6.99. The van der Waals surface area contributed by atoms with Crippen LogP contribution in [0.25, 0.3) is 0 Å². The van der Waals surface area contributed by atoms with E-state index in [1.54, 1.807) is 0 Å². The summed E-state index contributed by atoms with van der Waals surface area (Å²) in [4.78, 5) is 21.1. The first-order valence-electron chi connectivity index (χ1n) is 3.08. The summed E-state index contributed by atoms with van der Waals surface area (Å²) in [5.74, 6) is -0.455. The van der Waals surface area contributed by atoms with Crippen molar-refractivity contribution in [3.8, 4) is 0 Å². The van der Waals surface area contributed by atoms with Crippen LogP contribution in [-0.4, -0.2) is 18.4 Å². The molecule has 0 N–H and O–H groups in total. The molecule has 10 heavy (non-hydrogen) atoms. The van der Waals surface area contributed by atoms with Gasteiger partial charge in [-0.05, 0) is 13.0 Å². The Morgan fingerprint density at radius 1 is 1.70 bits per heavy atom. The summed E-state index contributed by atoms with van der Waals surface area (Å²) in [5, 5.41) is 0. The zero-order valence-electron chi connectivity index (χ0n) is 5.72. The number of carbonyl (C=O) groups is 2. The predicted molar refractivity (Wildman–Crippen MR) is 34.3 cm³/mol. The highest BCUT2D eigenvalue weighted by atomic mass is 16.5. The van der Waals surface area contributed by atoms with E-state index >= 15 is 0 Å². The van der Waals surface area contributed by atoms with E-state index in [0.717, 1.165) is 0 Å². The van der Waals surface area contributed by atoms with Gasteiger partial charge in [0, 0.05) is 12.0 Å². The van der Waals surface area contributed by atoms with Gasteiger partial charge in [0.25, 0.3) is 0 Å². The summed E-state index contributed by atoms with van der Waals surface area (Å²) in [6.45, 7) is 1.83. The second-order valence-corrected chi connectivity index (χ2v) is 2.17. The SMILES string of the molecule is CC(=O)/C=C1/CCOC1=O. The molecule has 1 rings (SSSR count). The first-order chi connectivity index (χ1) is 4.70. The van der Waals surface area contributed by atoms with Crippen LogP contribution in [0.5, 0.6) is 0 Å². The van der Waals surface area contributed by atoms with E-state index in [1.165, 1.54) is 13.0 Å². The maximum Gasteiger partial charge on any atom is 0.334 e. The molecule has 1 heterocycles. The second-order valence-electron chi connectivity index (χ2n) is 2.17. The molecule has 1 aliphatic heterocycles. The highest BCUT2D eigenvalue weighted by molar-refractivity contribution is 5.99. The molecule has 3 nitrogen and oxygen atoms in total. The maximum absolute atomic E-state index is 10.7. The molecule has 0 unspecified atom stereocenters. The van der Waals surface area contributed by atoms with E-state index in [0.29, 0.717) is 18.6 Å². The number of esters is 1. The zero-order chi connectivity index (χ0) is 7.56. The van der Waals surface area contributed by atoms with Crippen LogP contribution in [0.15, 0.2) is 11.6 Å². The maximum atomic E-state index is 10.7. The summed E-state index contributed by atoms with van der Waals surface area (Å²) >= 11 is 0. The summed E-state index contributed by atoms with van der Waals surface area (Å²) in [7, 11) is 0. The quantitative estimate of drug-likeness (QED) is 0.392. The number of hydrogen-bond donors (Lipinski definition) is 0. The summed E-state index contributed by atoms with van der Waals surface area (Å²) in [6, 6.07) is 0. The molecular weight excluding hydrogens is 132 g/mol. The number of hydrogen-bond acceptors (Lipinski definition) is 3. The molecule has 0 aromatic heterocycles. The van der Waals surface area contributed by atoms with E-state index in [1.807, 2.05) is 0 Å². The van der Waals surface area contributed by atoms with Gasteiger partial charge >= 0.3 is 5.97 Å². The third-order valence-electron chi connectivity index (χ3n) is 1.24. The molecule has 0 atom stereocenters. The Bertz CT molecular complexity index is 203. The Kier molecular flexibility index (Phi) is 1.85. The van der Waals surface area contributed by atoms with Crippen LogP contribution in [0.1, 0.15) is 13.3 Å². The third-order valence-corrected chi connectivity index (χ3v) is 1.24. The van der Waals surface area contributed by atoms with Crippen molar-refractivity contribution < 1.29 is 14.3 Å². The molecule has 0 aromatic rings. The average Bonchev–Trinajstić information content (AvgIpc) is 2.15. The van der Waals surface area contributed by atoms with Crippen molar-refractivity contribution in [3.05, 3.63) is 11.6 Å². The standard InChI is InChI=1S/C7H8O3/c1-5(8)4-6-2-3-10-7(6)9/h4H,2-3H2,1H3/b6-4-. The number of ether oxygens (including phenoxy) is 1. The van der Waals surface area contributed by atoms with E-state index in [9.17, 15) is 9.59 Å². The van der Waals surface area contributed by atoms with E-state index in [2.05, 4.69) is 4.74 Å². The van der Waals surface area contributed by atoms with E-state index < -0.39 is 0 Å². The number of rotatable bonds is 1. The second kappa shape index (κ2) is 2.64. The fourth-order valence-electron chi connectivity index (χ4n) is 0.825. The van der Waals surface area contributed by atoms with Crippen LogP contribution in [0.2, 0.25) is 0 Å². The number of allylic oxidation sites excluding steroid dienone is 1. The van der Waals surface area contributed by atoms with Gasteiger partial charge in [0.2, 0.25) is 0 Å². The van der Waals surface area contributed by atoms with Gasteiger partial charge in [0.1, 0.15) is 0 Å². The highest BCUT2D eigenvalue weighted by Gasteiger charge is 2.18. The lowest BCUT2D eigenvalue weighted by atomic mass is 10.2. The molecule has 0 aliphatic carbocycles. The molecule has 3 heteroatoms. The third kappa shape index (κ3) is 1.43. The van der Waals surface area contributed by atoms with Gasteiger partial charge in [-0.2, -0.15) is 0 Å². The smallest absolute Gasteiger partial charge is 0.334 e. The van der Waals surface area contributed by atoms with E-state index in [-0.39, 0.29) is 11.8 Å². The molecule has 0 amide bonds. The summed E-state index contributed by atoms with van der Waals surface area (Å²) in [5.41, 5.74) is 0.493. The minimum Gasteiger partial charge on any atom is -0.462 e. The van der Waals surface area contributed by atoms with Gasteiger partial charge in [0.05, 0.1) is 6.61 Å². The lowest BCUT2D eigenvalue weighted by Gasteiger charge is -1.86. The topological polar surface area (TPSA) is 43.4 Å². The van der Waals surface area contributed by atoms with Crippen molar-refractivity contribution in [1.82, 2.24) is 0 Å². The van der Waals surface area contributed by atoms with Crippen molar-refractivity contribution in [2.45, 2.75) is 13.3 Å². The molecule has 0 bridgehead atoms. The molecule has 1 aliphatic rings. The Balaban J connectivity index is 2.72. The largest absolute Gasteiger partial charge is 0.462 e. The highest BCUT2D eigenvalue weighted by Crippen LogP contribution is 2.12. The van der Waals surface area contributed by atoms with Crippen LogP contribution in [0.3, 0.4) is 0 Å². The molecule has 54 valence electrons. The Morgan fingerprint density at radius 2 is 2.40 bits per heavy atom. The Hall–Kier alpha value is -1.12. The lowest BCUT2D eigenvalue weighted by Crippen LogP contribution is -1.96. The molecular formula is C7H8O3. The monoisotopic (exact) mass is 140 g/mol. The van der Waals surface area contributed by atoms with Gasteiger partial charge < -0.3 is 4.74 Å². The fraction of sp³-hybridized carbons (Fsp3) is 0.429. The Morgan fingerprint density at radius 3 is 2.80 bits per heavy atom. The normalized spacial score (nSPS) is 21.3. The van der Waals surface area contributed by atoms with Gasteiger partial charge in [0.15, 0.2) is 5.78 Å². The zero-order valence-corrected chi connectivity index (χ0v) is 5.72. The molecule has 0 spiro atoms. The van der Waals surface area contributed by atoms with Crippen molar-refractivity contribution in [2.75, 3.05) is 6.61 Å². The van der Waals surface area contributed by atoms with Crippen LogP contribution < -0.4 is 0 Å². The summed E-state index contributed by atoms with van der Waals surface area (Å²) in [6.07, 6.45) is 1.90. The van der Waals surface area contributed by atoms with Gasteiger partial charge in [-0.15, -0.1) is 0 Å².